The molecular formula is C18H12BrClF3N5O2S. The third kappa shape index (κ3) is 6.45. The van der Waals surface area contributed by atoms with E-state index in [1.807, 2.05) is 0 Å². The van der Waals surface area contributed by atoms with Gasteiger partial charge in [-0.15, -0.1) is 0 Å². The fraction of sp³-hybridized carbons (Fsp3) is 0.111. The van der Waals surface area contributed by atoms with Gasteiger partial charge in [-0.2, -0.15) is 18.3 Å². The topological polar surface area (TPSA) is 88.9 Å². The molecule has 7 nitrogen and oxygen atoms in total. The largest absolute Gasteiger partial charge is 0.446 e. The number of aromatic nitrogens is 3. The van der Waals surface area contributed by atoms with Gasteiger partial charge in [0, 0.05) is 22.8 Å². The van der Waals surface area contributed by atoms with E-state index in [4.69, 9.17) is 11.6 Å². The number of carbonyl (C=O) groups is 2. The Balaban J connectivity index is 1.61. The molecule has 0 fully saturated rings. The Hall–Kier alpha value is -2.57. The third-order valence-electron chi connectivity index (χ3n) is 3.63. The molecule has 2 heterocycles. The van der Waals surface area contributed by atoms with Crippen LogP contribution in [0.1, 0.15) is 10.5 Å². The van der Waals surface area contributed by atoms with Crippen molar-refractivity contribution in [2.45, 2.75) is 10.4 Å². The number of halogens is 5. The van der Waals surface area contributed by atoms with Crippen LogP contribution in [0.25, 0.3) is 5.82 Å². The molecule has 162 valence electrons. The molecule has 0 aliphatic carbocycles. The van der Waals surface area contributed by atoms with E-state index in [1.54, 1.807) is 12.1 Å². The molecule has 2 N–H and O–H groups in total. The second-order valence-electron chi connectivity index (χ2n) is 5.88. The Kier molecular flexibility index (Phi) is 7.23. The van der Waals surface area contributed by atoms with Crippen LogP contribution >= 0.6 is 39.3 Å². The molecule has 0 spiro atoms. The van der Waals surface area contributed by atoms with Gasteiger partial charge in [0.25, 0.3) is 5.91 Å². The molecule has 3 aromatic rings. The maximum atomic E-state index is 12.5. The lowest BCUT2D eigenvalue weighted by atomic mass is 10.3. The summed E-state index contributed by atoms with van der Waals surface area (Å²) >= 11 is 9.04. The summed E-state index contributed by atoms with van der Waals surface area (Å²) < 4.78 is 38.7. The number of amides is 2. The van der Waals surface area contributed by atoms with E-state index in [9.17, 15) is 22.8 Å². The molecule has 0 atom stereocenters. The molecule has 13 heteroatoms. The summed E-state index contributed by atoms with van der Waals surface area (Å²) in [6.45, 7) is -0.378. The first-order valence-electron chi connectivity index (χ1n) is 8.43. The highest BCUT2D eigenvalue weighted by Gasteiger charge is 2.29. The van der Waals surface area contributed by atoms with E-state index < -0.39 is 17.3 Å². The lowest BCUT2D eigenvalue weighted by Crippen LogP contribution is -2.34. The van der Waals surface area contributed by atoms with Crippen LogP contribution in [-0.4, -0.2) is 38.6 Å². The van der Waals surface area contributed by atoms with Gasteiger partial charge in [-0.05, 0) is 64.1 Å². The number of rotatable bonds is 6. The molecule has 0 radical (unpaired) electrons. The number of alkyl halides is 3. The van der Waals surface area contributed by atoms with Crippen molar-refractivity contribution in [1.82, 2.24) is 20.1 Å². The second-order valence-corrected chi connectivity index (χ2v) is 8.23. The van der Waals surface area contributed by atoms with Crippen molar-refractivity contribution in [1.29, 1.82) is 0 Å². The Labute approximate surface area is 191 Å². The molecule has 3 rings (SSSR count). The molecule has 0 aliphatic rings. The van der Waals surface area contributed by atoms with Crippen molar-refractivity contribution in [2.24, 2.45) is 0 Å². The molecule has 0 unspecified atom stereocenters. The number of anilines is 1. The monoisotopic (exact) mass is 533 g/mol. The van der Waals surface area contributed by atoms with E-state index in [2.05, 4.69) is 36.6 Å². The molecule has 2 aromatic heterocycles. The predicted molar refractivity (Wildman–Crippen MR) is 113 cm³/mol. The minimum Gasteiger partial charge on any atom is -0.342 e. The summed E-state index contributed by atoms with van der Waals surface area (Å²) in [6.07, 6.45) is 1.49. The Morgan fingerprint density at radius 3 is 2.55 bits per heavy atom. The summed E-state index contributed by atoms with van der Waals surface area (Å²) in [5.74, 6) is -0.932. The van der Waals surface area contributed by atoms with Crippen LogP contribution in [0.2, 0.25) is 5.02 Å². The normalized spacial score (nSPS) is 11.3. The Morgan fingerprint density at radius 1 is 1.19 bits per heavy atom. The molecule has 0 saturated carbocycles. The number of carbonyl (C=O) groups excluding carboxylic acids is 2. The summed E-state index contributed by atoms with van der Waals surface area (Å²) in [6, 6.07) is 9.80. The summed E-state index contributed by atoms with van der Waals surface area (Å²) in [7, 11) is 0. The second kappa shape index (κ2) is 9.71. The van der Waals surface area contributed by atoms with Crippen LogP contribution in [0.5, 0.6) is 0 Å². The van der Waals surface area contributed by atoms with Crippen molar-refractivity contribution in [3.05, 3.63) is 64.0 Å². The Morgan fingerprint density at radius 2 is 1.90 bits per heavy atom. The number of nitrogens with one attached hydrogen (secondary N) is 2. The lowest BCUT2D eigenvalue weighted by Gasteiger charge is -2.10. The van der Waals surface area contributed by atoms with Gasteiger partial charge in [-0.3, -0.25) is 9.59 Å². The van der Waals surface area contributed by atoms with Gasteiger partial charge in [-0.1, -0.05) is 11.6 Å². The summed E-state index contributed by atoms with van der Waals surface area (Å²) in [4.78, 5) is 28.7. The highest BCUT2D eigenvalue weighted by molar-refractivity contribution is 9.10. The smallest absolute Gasteiger partial charge is 0.342 e. The molecule has 0 bridgehead atoms. The zero-order valence-electron chi connectivity index (χ0n) is 15.3. The zero-order valence-corrected chi connectivity index (χ0v) is 18.4. The molecule has 1 aromatic carbocycles. The van der Waals surface area contributed by atoms with E-state index in [0.29, 0.717) is 10.3 Å². The number of benzene rings is 1. The van der Waals surface area contributed by atoms with Gasteiger partial charge in [-0.25, -0.2) is 9.67 Å². The predicted octanol–water partition coefficient (Wildman–Crippen LogP) is 4.66. The van der Waals surface area contributed by atoms with Crippen LogP contribution in [0.3, 0.4) is 0 Å². The van der Waals surface area contributed by atoms with Gasteiger partial charge in [0.05, 0.1) is 11.6 Å². The molecule has 31 heavy (non-hydrogen) atoms. The summed E-state index contributed by atoms with van der Waals surface area (Å²) in [5, 5.41) is 9.35. The number of pyridine rings is 1. The first-order valence-corrected chi connectivity index (χ1v) is 10.4. The van der Waals surface area contributed by atoms with Crippen molar-refractivity contribution >= 4 is 56.8 Å². The molecule has 0 saturated heterocycles. The lowest BCUT2D eigenvalue weighted by molar-refractivity contribution is -0.115. The number of nitrogens with zero attached hydrogens (tertiary/aromatic N) is 3. The first-order chi connectivity index (χ1) is 14.6. The van der Waals surface area contributed by atoms with Crippen molar-refractivity contribution in [2.75, 3.05) is 11.9 Å². The van der Waals surface area contributed by atoms with Gasteiger partial charge in [0.15, 0.2) is 5.82 Å². The molecular weight excluding hydrogens is 523 g/mol. The Bertz CT molecular complexity index is 1110. The van der Waals surface area contributed by atoms with Crippen LogP contribution in [0.4, 0.5) is 18.9 Å². The van der Waals surface area contributed by atoms with Crippen LogP contribution in [-0.2, 0) is 4.79 Å². The average Bonchev–Trinajstić information content (AvgIpc) is 3.08. The number of hydrogen-bond donors (Lipinski definition) is 2. The minimum absolute atomic E-state index is 0.00850. The van der Waals surface area contributed by atoms with E-state index >= 15 is 0 Å². The maximum absolute atomic E-state index is 12.5. The van der Waals surface area contributed by atoms with Crippen LogP contribution in [0.15, 0.2) is 58.2 Å². The number of hydrogen-bond acceptors (Lipinski definition) is 5. The van der Waals surface area contributed by atoms with Crippen molar-refractivity contribution < 1.29 is 22.8 Å². The maximum Gasteiger partial charge on any atom is 0.446 e. The van der Waals surface area contributed by atoms with Crippen LogP contribution in [0, 0.1) is 0 Å². The van der Waals surface area contributed by atoms with Gasteiger partial charge >= 0.3 is 5.51 Å². The van der Waals surface area contributed by atoms with E-state index in [-0.39, 0.29) is 39.7 Å². The van der Waals surface area contributed by atoms with E-state index in [0.717, 1.165) is 0 Å². The third-order valence-corrected chi connectivity index (χ3v) is 5.05. The van der Waals surface area contributed by atoms with Gasteiger partial charge in [0.2, 0.25) is 5.91 Å². The fourth-order valence-corrected chi connectivity index (χ4v) is 3.52. The summed E-state index contributed by atoms with van der Waals surface area (Å²) in [5.41, 5.74) is -4.01. The highest BCUT2D eigenvalue weighted by Crippen LogP contribution is 2.37. The average molecular weight is 535 g/mol. The zero-order chi connectivity index (χ0) is 22.6. The SMILES string of the molecule is O=C(CNC(=O)c1cc(Br)nn1-c1ncccc1Cl)Nc1ccc(SC(F)(F)F)cc1. The standard InChI is InChI=1S/C18H12BrClF3N5O2S/c19-14-8-13(28(27-14)16-12(20)2-1-7-24-16)17(30)25-9-15(29)26-10-3-5-11(6-4-10)31-18(21,22)23/h1-8H,9H2,(H,25,30)(H,26,29). The van der Waals surface area contributed by atoms with Gasteiger partial charge in [0.1, 0.15) is 10.3 Å². The molecule has 0 aliphatic heterocycles. The van der Waals surface area contributed by atoms with Crippen LogP contribution < -0.4 is 10.6 Å². The van der Waals surface area contributed by atoms with Gasteiger partial charge < -0.3 is 10.6 Å². The first kappa shape index (κ1) is 23.1. The highest BCUT2D eigenvalue weighted by atomic mass is 79.9. The quantitative estimate of drug-likeness (QED) is 0.449. The van der Waals surface area contributed by atoms with Crippen molar-refractivity contribution in [3.63, 3.8) is 0 Å². The van der Waals surface area contributed by atoms with Crippen molar-refractivity contribution in [3.8, 4) is 5.82 Å². The van der Waals surface area contributed by atoms with E-state index in [1.165, 1.54) is 41.2 Å². The fourth-order valence-electron chi connectivity index (χ4n) is 2.40. The molecule has 2 amide bonds. The number of thioether (sulfide) groups is 1. The minimum atomic E-state index is -4.39.